The number of methoxy groups -OCH3 is 6. The molecule has 0 amide bonds. The Balaban J connectivity index is -0.000000105. The molecule has 0 aliphatic heterocycles. The fourth-order valence-corrected chi connectivity index (χ4v) is 1.25. The van der Waals surface area contributed by atoms with Crippen LogP contribution in [0, 0.1) is 0 Å². The van der Waals surface area contributed by atoms with Crippen molar-refractivity contribution in [3.05, 3.63) is 73.6 Å². The van der Waals surface area contributed by atoms with Crippen LogP contribution in [-0.2, 0) is 43.8 Å². The van der Waals surface area contributed by atoms with Gasteiger partial charge in [-0.05, 0) is 0 Å². The summed E-state index contributed by atoms with van der Waals surface area (Å²) in [6, 6.07) is 11.3. The van der Waals surface area contributed by atoms with Gasteiger partial charge in [-0.25, -0.2) is 0 Å². The minimum absolute atomic E-state index is 0. The molecule has 0 spiro atoms. The Hall–Kier alpha value is -0.578. The SMILES string of the molecule is COCCOC.COCCOC.COCCOC.[Cl][Cr+2].[Na+].c1cc[n-]c1.c1cc[n-]c1.c1cc[n-]c1. The Labute approximate surface area is 252 Å². The summed E-state index contributed by atoms with van der Waals surface area (Å²) in [5, 5.41) is 0. The molecule has 3 heterocycles. The minimum atomic E-state index is 0. The van der Waals surface area contributed by atoms with Crippen molar-refractivity contribution in [3.63, 3.8) is 0 Å². The van der Waals surface area contributed by atoms with Crippen LogP contribution in [-0.4, -0.2) is 82.3 Å². The first-order chi connectivity index (χ1) is 17.2. The van der Waals surface area contributed by atoms with Crippen LogP contribution in [0.15, 0.2) is 73.6 Å². The molecule has 0 radical (unpaired) electrons. The Morgan fingerprint density at radius 2 is 0.556 bits per heavy atom. The van der Waals surface area contributed by atoms with Gasteiger partial charge in [0.2, 0.25) is 0 Å². The normalized spacial score (nSPS) is 7.94. The molecular weight excluding hydrogens is 537 g/mol. The van der Waals surface area contributed by atoms with Crippen molar-refractivity contribution in [2.24, 2.45) is 0 Å². The molecule has 0 aromatic carbocycles. The average molecular weight is 579 g/mol. The molecule has 9 nitrogen and oxygen atoms in total. The van der Waals surface area contributed by atoms with Crippen molar-refractivity contribution in [1.82, 2.24) is 15.0 Å². The maximum absolute atomic E-state index is 4.66. The van der Waals surface area contributed by atoms with Crippen LogP contribution in [0.3, 0.4) is 0 Å². The second kappa shape index (κ2) is 55.1. The molecule has 0 N–H and O–H groups in total. The summed E-state index contributed by atoms with van der Waals surface area (Å²) in [4.78, 5) is 11.2. The van der Waals surface area contributed by atoms with Gasteiger partial charge in [0.25, 0.3) is 0 Å². The second-order valence-electron chi connectivity index (χ2n) is 5.45. The van der Waals surface area contributed by atoms with Crippen molar-refractivity contribution in [2.75, 3.05) is 82.3 Å². The molecule has 0 unspecified atom stereocenters. The van der Waals surface area contributed by atoms with E-state index in [1.54, 1.807) is 79.8 Å². The molecule has 0 fully saturated rings. The van der Waals surface area contributed by atoms with Gasteiger partial charge in [0, 0.05) is 42.7 Å². The number of nitrogens with zero attached hydrogens (tertiary/aromatic N) is 3. The fraction of sp³-hybridized carbons (Fsp3) is 0.500. The molecule has 0 saturated carbocycles. The van der Waals surface area contributed by atoms with E-state index in [0.29, 0.717) is 39.6 Å². The van der Waals surface area contributed by atoms with Crippen LogP contribution >= 0.6 is 10.0 Å². The Morgan fingerprint density at radius 3 is 0.611 bits per heavy atom. The topological polar surface area (TPSA) is 97.7 Å². The van der Waals surface area contributed by atoms with E-state index in [0.717, 1.165) is 0 Å². The predicted molar refractivity (Wildman–Crippen MR) is 136 cm³/mol. The zero-order chi connectivity index (χ0) is 27.1. The summed E-state index contributed by atoms with van der Waals surface area (Å²) < 4.78 is 27.9. The van der Waals surface area contributed by atoms with Crippen LogP contribution in [0.1, 0.15) is 0 Å². The molecule has 3 rings (SSSR count). The van der Waals surface area contributed by atoms with Gasteiger partial charge >= 0.3 is 55.0 Å². The van der Waals surface area contributed by atoms with Crippen molar-refractivity contribution in [3.8, 4) is 0 Å². The van der Waals surface area contributed by atoms with E-state index >= 15 is 0 Å². The van der Waals surface area contributed by atoms with E-state index in [9.17, 15) is 0 Å². The number of ether oxygens (including phenoxy) is 6. The monoisotopic (exact) mass is 578 g/mol. The van der Waals surface area contributed by atoms with Gasteiger partial charge in [-0.15, -0.1) is 0 Å². The van der Waals surface area contributed by atoms with E-state index in [4.69, 9.17) is 0 Å². The summed E-state index contributed by atoms with van der Waals surface area (Å²) in [7, 11) is 14.4. The van der Waals surface area contributed by atoms with Crippen LogP contribution in [0.2, 0.25) is 0 Å². The summed E-state index contributed by atoms with van der Waals surface area (Å²) in [5.41, 5.74) is 0. The van der Waals surface area contributed by atoms with Gasteiger partial charge in [0.1, 0.15) is 0 Å². The van der Waals surface area contributed by atoms with Gasteiger partial charge in [0.05, 0.1) is 39.6 Å². The number of hydrogen-bond acceptors (Lipinski definition) is 6. The van der Waals surface area contributed by atoms with Crippen molar-refractivity contribution in [2.45, 2.75) is 0 Å². The summed E-state index contributed by atoms with van der Waals surface area (Å²) >= 11 is 2.10. The Morgan fingerprint density at radius 1 is 0.417 bits per heavy atom. The molecule has 0 atom stereocenters. The van der Waals surface area contributed by atoms with Gasteiger partial charge in [0.15, 0.2) is 0 Å². The number of halogens is 1. The Bertz CT molecular complexity index is 423. The molecule has 0 saturated heterocycles. The van der Waals surface area contributed by atoms with Gasteiger partial charge in [-0.1, -0.05) is 36.4 Å². The predicted octanol–water partition coefficient (Wildman–Crippen LogP) is 0.460. The largest absolute Gasteiger partial charge is 1.00 e. The third kappa shape index (κ3) is 64.0. The molecule has 3 aromatic heterocycles. The maximum atomic E-state index is 4.66. The number of aromatic nitrogens is 3. The quantitative estimate of drug-likeness (QED) is 0.265. The van der Waals surface area contributed by atoms with Gasteiger partial charge < -0.3 is 43.4 Å². The average Bonchev–Trinajstić information content (AvgIpc) is 3.73. The molecule has 0 aliphatic carbocycles. The molecular formula is C24H42ClCrN3NaO6. The number of hydrogen-bond donors (Lipinski definition) is 0. The molecule has 3 aromatic rings. The van der Waals surface area contributed by atoms with Crippen LogP contribution < -0.4 is 44.5 Å². The van der Waals surface area contributed by atoms with Crippen molar-refractivity contribution >= 4 is 10.0 Å². The zero-order valence-corrected chi connectivity index (χ0v) is 26.8. The van der Waals surface area contributed by atoms with Crippen LogP contribution in [0.5, 0.6) is 0 Å². The maximum Gasteiger partial charge on any atom is 1.00 e. The van der Waals surface area contributed by atoms with Crippen LogP contribution in [0.4, 0.5) is 0 Å². The number of rotatable bonds is 9. The first-order valence-corrected chi connectivity index (χ1v) is 12.1. The zero-order valence-electron chi connectivity index (χ0n) is 22.7. The van der Waals surface area contributed by atoms with E-state index in [-0.39, 0.29) is 29.6 Å². The Kier molecular flexibility index (Phi) is 69.4. The van der Waals surface area contributed by atoms with E-state index in [2.05, 4.69) is 68.8 Å². The molecule has 12 heteroatoms. The summed E-state index contributed by atoms with van der Waals surface area (Å²) in [6.45, 7) is 4.15. The van der Waals surface area contributed by atoms with Crippen molar-refractivity contribution in [1.29, 1.82) is 0 Å². The van der Waals surface area contributed by atoms with E-state index < -0.39 is 0 Å². The van der Waals surface area contributed by atoms with Crippen molar-refractivity contribution < 1.29 is 73.3 Å². The molecule has 36 heavy (non-hydrogen) atoms. The van der Waals surface area contributed by atoms with E-state index in [1.165, 1.54) is 0 Å². The summed E-state index contributed by atoms with van der Waals surface area (Å²) in [6.07, 6.45) is 10.5. The third-order valence-corrected chi connectivity index (χ3v) is 2.84. The fourth-order valence-electron chi connectivity index (χ4n) is 1.25. The first kappa shape index (κ1) is 45.3. The van der Waals surface area contributed by atoms with Gasteiger partial charge in [-0.2, -0.15) is 37.2 Å². The minimum Gasteiger partial charge on any atom is -0.670 e. The molecule has 0 aliphatic rings. The standard InChI is InChI=1S/3C4H4N.3C4H10O2.ClH.Cr.Na/c3*1-2-4-5-3-1;3*1-5-3-4-6-2;;;/h3*1-4H;3*3-4H2,1-2H3;1H;;/q3*-1;;;;;+3;+1/p-1. The van der Waals surface area contributed by atoms with Gasteiger partial charge in [-0.3, -0.25) is 0 Å². The first-order valence-electron chi connectivity index (χ1n) is 10.4. The third-order valence-electron chi connectivity index (χ3n) is 2.84. The second-order valence-corrected chi connectivity index (χ2v) is 5.45. The van der Waals surface area contributed by atoms with Crippen LogP contribution in [0.25, 0.3) is 0 Å². The smallest absolute Gasteiger partial charge is 0.670 e. The molecule has 0 bridgehead atoms. The molecule has 203 valence electrons. The van der Waals surface area contributed by atoms with E-state index in [1.807, 2.05) is 36.4 Å². The summed E-state index contributed by atoms with van der Waals surface area (Å²) in [5.74, 6) is 0.